The van der Waals surface area contributed by atoms with E-state index in [-0.39, 0.29) is 5.91 Å². The number of nitrogens with zero attached hydrogens (tertiary/aromatic N) is 4. The second kappa shape index (κ2) is 11.8. The average molecular weight is 445 g/mol. The summed E-state index contributed by atoms with van der Waals surface area (Å²) in [6.07, 6.45) is 9.54. The maximum absolute atomic E-state index is 13.4. The largest absolute Gasteiger partial charge is 0.339 e. The van der Waals surface area contributed by atoms with Gasteiger partial charge in [0.2, 0.25) is 0 Å². The smallest absolute Gasteiger partial charge is 0.253 e. The van der Waals surface area contributed by atoms with Crippen molar-refractivity contribution in [2.45, 2.75) is 52.1 Å². The van der Waals surface area contributed by atoms with Crippen molar-refractivity contribution in [1.29, 1.82) is 0 Å². The normalized spacial score (nSPS) is 16.3. The molecular formula is C28H36N4O. The highest BCUT2D eigenvalue weighted by atomic mass is 16.2. The van der Waals surface area contributed by atoms with Crippen LogP contribution < -0.4 is 0 Å². The third kappa shape index (κ3) is 6.78. The monoisotopic (exact) mass is 444 g/mol. The first-order chi connectivity index (χ1) is 16.2. The van der Waals surface area contributed by atoms with E-state index in [0.717, 1.165) is 69.1 Å². The van der Waals surface area contributed by atoms with Crippen molar-refractivity contribution in [2.75, 3.05) is 26.2 Å². The van der Waals surface area contributed by atoms with Crippen molar-refractivity contribution < 1.29 is 4.79 Å². The number of rotatable bonds is 5. The number of amides is 1. The van der Waals surface area contributed by atoms with Crippen molar-refractivity contribution in [3.63, 3.8) is 0 Å². The predicted molar refractivity (Wildman–Crippen MR) is 133 cm³/mol. The molecule has 0 aliphatic carbocycles. The Hall–Kier alpha value is -2.92. The Morgan fingerprint density at radius 1 is 0.818 bits per heavy atom. The molecule has 5 heteroatoms. The molecule has 3 aromatic rings. The van der Waals surface area contributed by atoms with Gasteiger partial charge in [-0.15, -0.1) is 0 Å². The molecule has 1 fully saturated rings. The second-order valence-corrected chi connectivity index (χ2v) is 9.12. The highest BCUT2D eigenvalue weighted by Crippen LogP contribution is 2.15. The van der Waals surface area contributed by atoms with E-state index in [2.05, 4.69) is 61.8 Å². The molecule has 0 spiro atoms. The summed E-state index contributed by atoms with van der Waals surface area (Å²) in [5, 5.41) is 0. The van der Waals surface area contributed by atoms with E-state index in [9.17, 15) is 4.79 Å². The minimum atomic E-state index is 0.160. The number of hydrogen-bond acceptors (Lipinski definition) is 3. The fourth-order valence-corrected chi connectivity index (χ4v) is 4.66. The Labute approximate surface area is 198 Å². The van der Waals surface area contributed by atoms with Crippen molar-refractivity contribution in [1.82, 2.24) is 19.4 Å². The van der Waals surface area contributed by atoms with Gasteiger partial charge in [0, 0.05) is 50.7 Å². The van der Waals surface area contributed by atoms with Gasteiger partial charge >= 0.3 is 0 Å². The molecule has 5 nitrogen and oxygen atoms in total. The molecule has 4 rings (SSSR count). The molecule has 1 aliphatic rings. The molecule has 0 radical (unpaired) electrons. The Bertz CT molecular complexity index is 1010. The summed E-state index contributed by atoms with van der Waals surface area (Å²) in [5.74, 6) is 1.15. The predicted octanol–water partition coefficient (Wildman–Crippen LogP) is 5.15. The maximum Gasteiger partial charge on any atom is 0.253 e. The van der Waals surface area contributed by atoms with Gasteiger partial charge in [-0.3, -0.25) is 9.69 Å². The summed E-state index contributed by atoms with van der Waals surface area (Å²) in [7, 11) is 0. The van der Waals surface area contributed by atoms with Gasteiger partial charge in [0.05, 0.1) is 0 Å². The zero-order valence-electron chi connectivity index (χ0n) is 19.8. The van der Waals surface area contributed by atoms with Crippen LogP contribution in [0.2, 0.25) is 0 Å². The third-order valence-corrected chi connectivity index (χ3v) is 6.54. The molecule has 174 valence electrons. The lowest BCUT2D eigenvalue weighted by Crippen LogP contribution is -2.35. The number of hydrogen-bond donors (Lipinski definition) is 0. The number of imidazole rings is 1. The molecule has 0 N–H and O–H groups in total. The number of carbonyl (C=O) groups excluding carboxylic acids is 1. The number of benzene rings is 2. The van der Waals surface area contributed by atoms with E-state index in [1.807, 2.05) is 31.5 Å². The first kappa shape index (κ1) is 23.2. The Kier molecular flexibility index (Phi) is 8.31. The zero-order chi connectivity index (χ0) is 22.9. The average Bonchev–Trinajstić information content (AvgIpc) is 3.21. The van der Waals surface area contributed by atoms with Gasteiger partial charge in [-0.1, -0.05) is 55.3 Å². The van der Waals surface area contributed by atoms with Gasteiger partial charge in [0.15, 0.2) is 0 Å². The zero-order valence-corrected chi connectivity index (χ0v) is 19.8. The lowest BCUT2D eigenvalue weighted by molar-refractivity contribution is 0.0746. The molecule has 0 atom stereocenters. The first-order valence-corrected chi connectivity index (χ1v) is 12.3. The SMILES string of the molecule is Cc1nccn1Cc1cccc(C(=O)N2CCCCCCN(Cc3ccccc3)CCC2)c1. The van der Waals surface area contributed by atoms with Crippen LogP contribution in [0.5, 0.6) is 0 Å². The third-order valence-electron chi connectivity index (χ3n) is 6.54. The van der Waals surface area contributed by atoms with Crippen molar-refractivity contribution in [3.05, 3.63) is 89.5 Å². The van der Waals surface area contributed by atoms with E-state index in [0.29, 0.717) is 0 Å². The fraction of sp³-hybridized carbons (Fsp3) is 0.429. The van der Waals surface area contributed by atoms with Crippen LogP contribution in [-0.4, -0.2) is 51.4 Å². The summed E-state index contributed by atoms with van der Waals surface area (Å²) in [5.41, 5.74) is 3.29. The van der Waals surface area contributed by atoms with Gasteiger partial charge in [0.25, 0.3) is 5.91 Å². The summed E-state index contributed by atoms with van der Waals surface area (Å²) < 4.78 is 2.11. The minimum absolute atomic E-state index is 0.160. The molecule has 1 aliphatic heterocycles. The lowest BCUT2D eigenvalue weighted by Gasteiger charge is -2.25. The van der Waals surface area contributed by atoms with Crippen LogP contribution >= 0.6 is 0 Å². The molecular weight excluding hydrogens is 408 g/mol. The maximum atomic E-state index is 13.4. The van der Waals surface area contributed by atoms with Crippen LogP contribution in [0.4, 0.5) is 0 Å². The number of aryl methyl sites for hydroxylation is 1. The second-order valence-electron chi connectivity index (χ2n) is 9.12. The van der Waals surface area contributed by atoms with Crippen molar-refractivity contribution in [3.8, 4) is 0 Å². The van der Waals surface area contributed by atoms with Crippen LogP contribution in [0.1, 0.15) is 59.4 Å². The van der Waals surface area contributed by atoms with Crippen molar-refractivity contribution >= 4 is 5.91 Å². The molecule has 1 amide bonds. The Balaban J connectivity index is 1.40. The van der Waals surface area contributed by atoms with Gasteiger partial charge in [0.1, 0.15) is 5.82 Å². The molecule has 0 unspecified atom stereocenters. The molecule has 33 heavy (non-hydrogen) atoms. The standard InChI is InChI=1S/C28H36N4O/c1-24-29-15-20-32(24)23-26-13-9-14-27(21-26)28(33)31-18-8-3-2-7-16-30(17-10-19-31)22-25-11-5-4-6-12-25/h4-6,9,11-15,20-21H,2-3,7-8,10,16-19,22-23H2,1H3. The number of carbonyl (C=O) groups is 1. The number of aromatic nitrogens is 2. The first-order valence-electron chi connectivity index (χ1n) is 12.3. The van der Waals surface area contributed by atoms with Crippen LogP contribution in [0.15, 0.2) is 67.0 Å². The van der Waals surface area contributed by atoms with Gasteiger partial charge < -0.3 is 9.47 Å². The summed E-state index contributed by atoms with van der Waals surface area (Å²) in [6.45, 7) is 7.56. The van der Waals surface area contributed by atoms with Gasteiger partial charge in [-0.05, 0) is 56.0 Å². The van der Waals surface area contributed by atoms with Crippen LogP contribution in [0.25, 0.3) is 0 Å². The fourth-order valence-electron chi connectivity index (χ4n) is 4.66. The van der Waals surface area contributed by atoms with E-state index in [4.69, 9.17) is 0 Å². The Morgan fingerprint density at radius 3 is 2.33 bits per heavy atom. The Morgan fingerprint density at radius 2 is 1.55 bits per heavy atom. The summed E-state index contributed by atoms with van der Waals surface area (Å²) >= 11 is 0. The molecule has 2 aromatic carbocycles. The molecule has 1 aromatic heterocycles. The van der Waals surface area contributed by atoms with Gasteiger partial charge in [-0.25, -0.2) is 4.98 Å². The quantitative estimate of drug-likeness (QED) is 0.547. The van der Waals surface area contributed by atoms with E-state index >= 15 is 0 Å². The summed E-state index contributed by atoms with van der Waals surface area (Å²) in [6, 6.07) is 18.8. The van der Waals surface area contributed by atoms with Gasteiger partial charge in [-0.2, -0.15) is 0 Å². The molecule has 1 saturated heterocycles. The van der Waals surface area contributed by atoms with Crippen LogP contribution in [-0.2, 0) is 13.1 Å². The highest BCUT2D eigenvalue weighted by molar-refractivity contribution is 5.94. The van der Waals surface area contributed by atoms with Crippen LogP contribution in [0.3, 0.4) is 0 Å². The lowest BCUT2D eigenvalue weighted by atomic mass is 10.1. The summed E-state index contributed by atoms with van der Waals surface area (Å²) in [4.78, 5) is 22.4. The van der Waals surface area contributed by atoms with Crippen molar-refractivity contribution in [2.24, 2.45) is 0 Å². The highest BCUT2D eigenvalue weighted by Gasteiger charge is 2.17. The van der Waals surface area contributed by atoms with Crippen LogP contribution in [0, 0.1) is 6.92 Å². The molecule has 2 heterocycles. The minimum Gasteiger partial charge on any atom is -0.339 e. The van der Waals surface area contributed by atoms with E-state index in [1.165, 1.54) is 24.8 Å². The topological polar surface area (TPSA) is 41.4 Å². The van der Waals surface area contributed by atoms with E-state index in [1.54, 1.807) is 0 Å². The molecule has 0 saturated carbocycles. The molecule has 0 bridgehead atoms. The van der Waals surface area contributed by atoms with E-state index < -0.39 is 0 Å².